The zero-order chi connectivity index (χ0) is 18.1. The minimum absolute atomic E-state index is 0.159. The number of hydrogen-bond donors (Lipinski definition) is 0. The number of unbranched alkanes of at least 4 members (excludes halogenated alkanes) is 2. The zero-order valence-electron chi connectivity index (χ0n) is 14.6. The minimum atomic E-state index is -0.752. The molecule has 2 aromatic carbocycles. The maximum absolute atomic E-state index is 14.1. The van der Waals surface area contributed by atoms with Crippen LogP contribution in [0.1, 0.15) is 54.9 Å². The molecule has 2 rings (SSSR count). The predicted molar refractivity (Wildman–Crippen MR) is 98.3 cm³/mol. The SMILES string of the molecule is CCCCCC(F)=C(F)c1ccc(CCc2ccccc2C#N)cc1. The molecule has 0 aromatic heterocycles. The van der Waals surface area contributed by atoms with E-state index in [1.54, 1.807) is 18.2 Å². The highest BCUT2D eigenvalue weighted by Crippen LogP contribution is 2.25. The second kappa shape index (κ2) is 9.74. The van der Waals surface area contributed by atoms with Gasteiger partial charge in [-0.15, -0.1) is 0 Å². The molecular weight excluding hydrogens is 316 g/mol. The van der Waals surface area contributed by atoms with Gasteiger partial charge in [0.15, 0.2) is 5.83 Å². The fourth-order valence-electron chi connectivity index (χ4n) is 2.74. The first-order chi connectivity index (χ1) is 12.2. The van der Waals surface area contributed by atoms with Crippen molar-refractivity contribution in [1.82, 2.24) is 0 Å². The molecule has 0 aliphatic heterocycles. The monoisotopic (exact) mass is 339 g/mol. The summed E-state index contributed by atoms with van der Waals surface area (Å²) in [5, 5.41) is 9.11. The lowest BCUT2D eigenvalue weighted by atomic mass is 9.99. The number of rotatable bonds is 8. The van der Waals surface area contributed by atoms with Crippen molar-refractivity contribution in [2.45, 2.75) is 45.4 Å². The Hall–Kier alpha value is -2.47. The summed E-state index contributed by atoms with van der Waals surface area (Å²) < 4.78 is 27.9. The number of allylic oxidation sites excluding steroid dienone is 1. The van der Waals surface area contributed by atoms with Crippen LogP contribution >= 0.6 is 0 Å². The molecule has 0 fully saturated rings. The Morgan fingerprint density at radius 2 is 1.68 bits per heavy atom. The van der Waals surface area contributed by atoms with E-state index in [9.17, 15) is 8.78 Å². The number of hydrogen-bond acceptors (Lipinski definition) is 1. The van der Waals surface area contributed by atoms with Gasteiger partial charge < -0.3 is 0 Å². The van der Waals surface area contributed by atoms with Crippen molar-refractivity contribution >= 4 is 5.83 Å². The molecule has 0 aliphatic carbocycles. The lowest BCUT2D eigenvalue weighted by molar-refractivity contribution is 0.541. The second-order valence-electron chi connectivity index (χ2n) is 6.14. The maximum Gasteiger partial charge on any atom is 0.161 e. The summed E-state index contributed by atoms with van der Waals surface area (Å²) in [5.74, 6) is -1.42. The van der Waals surface area contributed by atoms with Crippen LogP contribution in [0.5, 0.6) is 0 Å². The van der Waals surface area contributed by atoms with Crippen LogP contribution in [-0.4, -0.2) is 0 Å². The van der Waals surface area contributed by atoms with Crippen LogP contribution < -0.4 is 0 Å². The Kier molecular flexibility index (Phi) is 7.35. The molecule has 0 unspecified atom stereocenters. The van der Waals surface area contributed by atoms with Crippen molar-refractivity contribution in [2.75, 3.05) is 0 Å². The first-order valence-corrected chi connectivity index (χ1v) is 8.77. The molecule has 0 N–H and O–H groups in total. The number of halogens is 2. The van der Waals surface area contributed by atoms with E-state index in [1.165, 1.54) is 0 Å². The van der Waals surface area contributed by atoms with Crippen molar-refractivity contribution in [3.05, 3.63) is 76.6 Å². The quantitative estimate of drug-likeness (QED) is 0.501. The molecule has 0 spiro atoms. The van der Waals surface area contributed by atoms with Gasteiger partial charge in [-0.1, -0.05) is 62.2 Å². The molecule has 25 heavy (non-hydrogen) atoms. The average Bonchev–Trinajstić information content (AvgIpc) is 2.66. The molecule has 3 heteroatoms. The van der Waals surface area contributed by atoms with Crippen LogP contribution in [0.15, 0.2) is 54.4 Å². The van der Waals surface area contributed by atoms with Crippen LogP contribution in [0.25, 0.3) is 5.83 Å². The first-order valence-electron chi connectivity index (χ1n) is 8.77. The van der Waals surface area contributed by atoms with E-state index in [1.807, 2.05) is 37.3 Å². The molecule has 0 saturated carbocycles. The minimum Gasteiger partial charge on any atom is -0.209 e. The summed E-state index contributed by atoms with van der Waals surface area (Å²) in [6, 6.07) is 16.6. The first kappa shape index (κ1) is 18.9. The Labute approximate surface area is 148 Å². The van der Waals surface area contributed by atoms with Gasteiger partial charge in [-0.3, -0.25) is 0 Å². The third kappa shape index (κ3) is 5.53. The van der Waals surface area contributed by atoms with Gasteiger partial charge in [-0.25, -0.2) is 8.78 Å². The smallest absolute Gasteiger partial charge is 0.161 e. The Bertz CT molecular complexity index is 754. The van der Waals surface area contributed by atoms with Crippen molar-refractivity contribution < 1.29 is 8.78 Å². The third-order valence-electron chi connectivity index (χ3n) is 4.27. The number of benzene rings is 2. The normalized spacial score (nSPS) is 11.8. The highest BCUT2D eigenvalue weighted by atomic mass is 19.2. The summed E-state index contributed by atoms with van der Waals surface area (Å²) in [5.41, 5.74) is 3.01. The molecule has 1 nitrogen and oxygen atoms in total. The van der Waals surface area contributed by atoms with Crippen molar-refractivity contribution in [3.63, 3.8) is 0 Å². The fourth-order valence-corrected chi connectivity index (χ4v) is 2.74. The van der Waals surface area contributed by atoms with Gasteiger partial charge >= 0.3 is 0 Å². The summed E-state index contributed by atoms with van der Waals surface area (Å²) in [6.45, 7) is 2.03. The van der Waals surface area contributed by atoms with E-state index in [2.05, 4.69) is 6.07 Å². The Morgan fingerprint density at radius 3 is 2.36 bits per heavy atom. The lowest BCUT2D eigenvalue weighted by Crippen LogP contribution is -1.95. The lowest BCUT2D eigenvalue weighted by Gasteiger charge is -2.06. The van der Waals surface area contributed by atoms with Gasteiger partial charge in [-0.05, 0) is 36.5 Å². The molecular formula is C22H23F2N. The highest BCUT2D eigenvalue weighted by molar-refractivity contribution is 5.61. The van der Waals surface area contributed by atoms with Gasteiger partial charge in [0.2, 0.25) is 0 Å². The largest absolute Gasteiger partial charge is 0.209 e. The van der Waals surface area contributed by atoms with Gasteiger partial charge in [-0.2, -0.15) is 5.26 Å². The molecule has 0 saturated heterocycles. The van der Waals surface area contributed by atoms with Gasteiger partial charge in [0.25, 0.3) is 0 Å². The fraction of sp³-hybridized carbons (Fsp3) is 0.318. The van der Waals surface area contributed by atoms with E-state index in [0.717, 1.165) is 36.8 Å². The number of nitrogens with zero attached hydrogens (tertiary/aromatic N) is 1. The van der Waals surface area contributed by atoms with Crippen molar-refractivity contribution in [1.29, 1.82) is 5.26 Å². The number of nitriles is 1. The highest BCUT2D eigenvalue weighted by Gasteiger charge is 2.09. The van der Waals surface area contributed by atoms with E-state index in [-0.39, 0.29) is 12.0 Å². The van der Waals surface area contributed by atoms with Crippen LogP contribution in [-0.2, 0) is 12.8 Å². The van der Waals surface area contributed by atoms with E-state index in [0.29, 0.717) is 12.0 Å². The Morgan fingerprint density at radius 1 is 0.960 bits per heavy atom. The van der Waals surface area contributed by atoms with Crippen LogP contribution in [0.3, 0.4) is 0 Å². The summed E-state index contributed by atoms with van der Waals surface area (Å²) in [6.07, 6.45) is 4.22. The molecule has 0 radical (unpaired) electrons. The van der Waals surface area contributed by atoms with E-state index >= 15 is 0 Å². The predicted octanol–water partition coefficient (Wildman–Crippen LogP) is 6.53. The molecule has 130 valence electrons. The summed E-state index contributed by atoms with van der Waals surface area (Å²) >= 11 is 0. The summed E-state index contributed by atoms with van der Waals surface area (Å²) in [4.78, 5) is 0. The molecule has 0 bridgehead atoms. The maximum atomic E-state index is 14.1. The Balaban J connectivity index is 2.00. The zero-order valence-corrected chi connectivity index (χ0v) is 14.6. The number of aryl methyl sites for hydroxylation is 2. The molecule has 0 atom stereocenters. The van der Waals surface area contributed by atoms with Crippen LogP contribution in [0.4, 0.5) is 8.78 Å². The van der Waals surface area contributed by atoms with Gasteiger partial charge in [0, 0.05) is 12.0 Å². The van der Waals surface area contributed by atoms with E-state index < -0.39 is 11.7 Å². The average molecular weight is 339 g/mol. The topological polar surface area (TPSA) is 23.8 Å². The van der Waals surface area contributed by atoms with Gasteiger partial charge in [0.05, 0.1) is 11.6 Å². The molecule has 0 amide bonds. The molecule has 2 aromatic rings. The van der Waals surface area contributed by atoms with Crippen LogP contribution in [0, 0.1) is 11.3 Å². The second-order valence-corrected chi connectivity index (χ2v) is 6.14. The molecule has 0 aliphatic rings. The van der Waals surface area contributed by atoms with Crippen LogP contribution in [0.2, 0.25) is 0 Å². The van der Waals surface area contributed by atoms with E-state index in [4.69, 9.17) is 5.26 Å². The van der Waals surface area contributed by atoms with Crippen molar-refractivity contribution in [3.8, 4) is 6.07 Å². The molecule has 0 heterocycles. The van der Waals surface area contributed by atoms with Crippen molar-refractivity contribution in [2.24, 2.45) is 0 Å². The summed E-state index contributed by atoms with van der Waals surface area (Å²) in [7, 11) is 0. The van der Waals surface area contributed by atoms with Gasteiger partial charge in [0.1, 0.15) is 5.83 Å². The standard InChI is InChI=1S/C22H23F2N/c1-2-3-4-9-21(23)22(24)19-14-11-17(12-15-19)10-13-18-7-5-6-8-20(18)16-25/h5-8,11-12,14-15H,2-4,9-10,13H2,1H3. The third-order valence-corrected chi connectivity index (χ3v) is 4.27.